The summed E-state index contributed by atoms with van der Waals surface area (Å²) in [5, 5.41) is 36.3. The minimum Gasteiger partial charge on any atom is -0.480 e. The Hall–Kier alpha value is -1.02. The number of hydrogen-bond donors (Lipinski definition) is 4. The van der Waals surface area contributed by atoms with Gasteiger partial charge in [0.15, 0.2) is 0 Å². The number of carboxylic acid groups (broad SMARTS) is 4. The summed E-state index contributed by atoms with van der Waals surface area (Å²) in [6.07, 6.45) is 0. The van der Waals surface area contributed by atoms with E-state index in [2.05, 4.69) is 0 Å². The first-order valence-electron chi connectivity index (χ1n) is 8.92. The third kappa shape index (κ3) is 13.8. The Balaban J connectivity index is 0.00000784. The summed E-state index contributed by atoms with van der Waals surface area (Å²) in [5.74, 6) is -4.08. The maximum Gasteiger partial charge on any atom is 0.317 e. The van der Waals surface area contributed by atoms with E-state index < -0.39 is 23.9 Å². The van der Waals surface area contributed by atoms with Gasteiger partial charge in [0.2, 0.25) is 0 Å². The number of hydrogen-bond acceptors (Lipinski definition) is 8. The summed E-state index contributed by atoms with van der Waals surface area (Å²) in [4.78, 5) is 50.9. The number of carboxylic acids is 4. The molecule has 4 N–H and O–H groups in total. The van der Waals surface area contributed by atoms with Crippen molar-refractivity contribution in [3.8, 4) is 0 Å². The molecule has 29 heavy (non-hydrogen) atoms. The molecule has 1 aliphatic heterocycles. The molecule has 0 aromatic carbocycles. The zero-order chi connectivity index (χ0) is 21.1. The predicted molar refractivity (Wildman–Crippen MR) is 102 cm³/mol. The molecule has 1 rings (SSSR count). The van der Waals surface area contributed by atoms with Crippen LogP contribution in [0.1, 0.15) is 0 Å². The first kappa shape index (κ1) is 28.0. The molecule has 162 valence electrons. The number of rotatable bonds is 8. The fourth-order valence-electron chi connectivity index (χ4n) is 2.98. The van der Waals surface area contributed by atoms with Gasteiger partial charge in [0, 0.05) is 90.1 Å². The van der Waals surface area contributed by atoms with Crippen LogP contribution in [-0.2, 0) is 19.2 Å². The molecule has 13 heteroatoms. The van der Waals surface area contributed by atoms with E-state index in [1.54, 1.807) is 19.6 Å². The molecule has 0 aliphatic carbocycles. The van der Waals surface area contributed by atoms with Crippen molar-refractivity contribution in [1.82, 2.24) is 19.6 Å². The Morgan fingerprint density at radius 1 is 0.448 bits per heavy atom. The van der Waals surface area contributed by atoms with Gasteiger partial charge in [-0.2, -0.15) is 0 Å². The average molecular weight is 444 g/mol. The van der Waals surface area contributed by atoms with Crippen molar-refractivity contribution < 1.29 is 39.6 Å². The van der Waals surface area contributed by atoms with Crippen molar-refractivity contribution in [3.05, 3.63) is 0 Å². The third-order valence-electron chi connectivity index (χ3n) is 4.37. The Morgan fingerprint density at radius 3 is 0.690 bits per heavy atom. The number of carbonyl (C=O) groups is 4. The molecule has 0 atom stereocenters. The quantitative estimate of drug-likeness (QED) is 0.284. The van der Waals surface area contributed by atoms with Gasteiger partial charge >= 0.3 is 23.9 Å². The van der Waals surface area contributed by atoms with Crippen LogP contribution in [0.5, 0.6) is 0 Å². The molecular formula is C16H28CaN4O8. The van der Waals surface area contributed by atoms with Crippen LogP contribution in [0, 0.1) is 0 Å². The molecule has 0 saturated carbocycles. The summed E-state index contributed by atoms with van der Waals surface area (Å²) in [6.45, 7) is 1.52. The zero-order valence-electron chi connectivity index (χ0n) is 16.4. The van der Waals surface area contributed by atoms with Crippen molar-refractivity contribution in [3.63, 3.8) is 0 Å². The van der Waals surface area contributed by atoms with Crippen molar-refractivity contribution >= 4 is 61.6 Å². The largest absolute Gasteiger partial charge is 0.480 e. The second-order valence-electron chi connectivity index (χ2n) is 6.68. The molecule has 1 aliphatic rings. The molecule has 1 saturated heterocycles. The van der Waals surface area contributed by atoms with Gasteiger partial charge in [0.05, 0.1) is 26.2 Å². The van der Waals surface area contributed by atoms with E-state index in [1.807, 2.05) is 0 Å². The second-order valence-corrected chi connectivity index (χ2v) is 6.68. The van der Waals surface area contributed by atoms with Crippen LogP contribution in [-0.4, -0.2) is 180 Å². The summed E-state index contributed by atoms with van der Waals surface area (Å²) < 4.78 is 0. The Kier molecular flexibility index (Phi) is 14.4. The SMILES string of the molecule is O=C(O)CN1CCN(CC(=O)O)CCN(CC(=O)O)CCN(CC(=O)O)CC1.[Ca]. The molecule has 0 bridgehead atoms. The van der Waals surface area contributed by atoms with Gasteiger partial charge in [0.25, 0.3) is 0 Å². The summed E-state index contributed by atoms with van der Waals surface area (Å²) in [5.41, 5.74) is 0. The van der Waals surface area contributed by atoms with Crippen LogP contribution in [0.3, 0.4) is 0 Å². The van der Waals surface area contributed by atoms with Crippen molar-refractivity contribution in [2.45, 2.75) is 0 Å². The van der Waals surface area contributed by atoms with E-state index in [9.17, 15) is 19.2 Å². The molecule has 0 aromatic rings. The minimum atomic E-state index is -1.02. The van der Waals surface area contributed by atoms with E-state index >= 15 is 0 Å². The predicted octanol–water partition coefficient (Wildman–Crippen LogP) is -2.83. The van der Waals surface area contributed by atoms with Crippen LogP contribution in [0.2, 0.25) is 0 Å². The molecule has 0 unspecified atom stereocenters. The normalized spacial score (nSPS) is 18.8. The van der Waals surface area contributed by atoms with E-state index in [4.69, 9.17) is 20.4 Å². The van der Waals surface area contributed by atoms with Gasteiger partial charge in [0.1, 0.15) is 0 Å². The first-order valence-corrected chi connectivity index (χ1v) is 8.92. The molecule has 1 fully saturated rings. The van der Waals surface area contributed by atoms with E-state index in [0.717, 1.165) is 0 Å². The Bertz CT molecular complexity index is 453. The van der Waals surface area contributed by atoms with E-state index in [1.165, 1.54) is 0 Å². The molecule has 0 amide bonds. The van der Waals surface area contributed by atoms with E-state index in [-0.39, 0.29) is 63.9 Å². The van der Waals surface area contributed by atoms with Gasteiger partial charge in [-0.1, -0.05) is 0 Å². The maximum atomic E-state index is 11.1. The van der Waals surface area contributed by atoms with Gasteiger partial charge in [-0.3, -0.25) is 38.8 Å². The van der Waals surface area contributed by atoms with Gasteiger partial charge < -0.3 is 20.4 Å². The van der Waals surface area contributed by atoms with Crippen molar-refractivity contribution in [2.24, 2.45) is 0 Å². The number of aliphatic carboxylic acids is 4. The van der Waals surface area contributed by atoms with Crippen LogP contribution < -0.4 is 0 Å². The summed E-state index contributed by atoms with van der Waals surface area (Å²) >= 11 is 0. The van der Waals surface area contributed by atoms with Gasteiger partial charge in [-0.25, -0.2) is 0 Å². The molecule has 0 aromatic heterocycles. The van der Waals surface area contributed by atoms with Crippen molar-refractivity contribution in [1.29, 1.82) is 0 Å². The zero-order valence-corrected chi connectivity index (χ0v) is 18.6. The van der Waals surface area contributed by atoms with Crippen LogP contribution >= 0.6 is 0 Å². The smallest absolute Gasteiger partial charge is 0.317 e. The fourth-order valence-corrected chi connectivity index (χ4v) is 2.98. The molecule has 1 heterocycles. The van der Waals surface area contributed by atoms with Crippen LogP contribution in [0.4, 0.5) is 0 Å². The average Bonchev–Trinajstić information content (AvgIpc) is 2.55. The maximum absolute atomic E-state index is 11.1. The molecule has 2 radical (unpaired) electrons. The Labute approximate surface area is 198 Å². The first-order chi connectivity index (χ1) is 13.2. The third-order valence-corrected chi connectivity index (χ3v) is 4.37. The minimum absolute atomic E-state index is 0. The van der Waals surface area contributed by atoms with E-state index in [0.29, 0.717) is 52.4 Å². The second kappa shape index (κ2) is 14.9. The van der Waals surface area contributed by atoms with Crippen LogP contribution in [0.25, 0.3) is 0 Å². The monoisotopic (exact) mass is 444 g/mol. The van der Waals surface area contributed by atoms with Gasteiger partial charge in [-0.05, 0) is 0 Å². The van der Waals surface area contributed by atoms with Crippen LogP contribution in [0.15, 0.2) is 0 Å². The topological polar surface area (TPSA) is 162 Å². The summed E-state index contributed by atoms with van der Waals surface area (Å²) in [7, 11) is 0. The fraction of sp³-hybridized carbons (Fsp3) is 0.750. The molecule has 12 nitrogen and oxygen atoms in total. The molecule has 0 spiro atoms. The summed E-state index contributed by atoms with van der Waals surface area (Å²) in [6, 6.07) is 0. The standard InChI is InChI=1S/C16H28N4O8.Ca/c21-13(22)9-17-1-2-18(10-14(23)24)5-6-20(12-16(27)28)8-7-19(4-3-17)11-15(25)26;/h1-12H2,(H,21,22)(H,23,24)(H,25,26)(H,27,28);. The van der Waals surface area contributed by atoms with Gasteiger partial charge in [-0.15, -0.1) is 0 Å². The van der Waals surface area contributed by atoms with Crippen molar-refractivity contribution in [2.75, 3.05) is 78.5 Å². The molecular weight excluding hydrogens is 416 g/mol. The Morgan fingerprint density at radius 2 is 0.586 bits per heavy atom. The number of nitrogens with zero attached hydrogens (tertiary/aromatic N) is 4.